The van der Waals surface area contributed by atoms with Gasteiger partial charge in [0.05, 0.1) is 24.5 Å². The van der Waals surface area contributed by atoms with E-state index in [1.54, 1.807) is 19.1 Å². The molecule has 7 heteroatoms. The molecule has 188 valence electrons. The number of carbonyl (C=O) groups excluding carboxylic acids is 3. The van der Waals surface area contributed by atoms with Crippen LogP contribution in [0.1, 0.15) is 45.6 Å². The van der Waals surface area contributed by atoms with Crippen molar-refractivity contribution in [3.05, 3.63) is 61.2 Å². The van der Waals surface area contributed by atoms with E-state index in [0.717, 1.165) is 5.56 Å². The van der Waals surface area contributed by atoms with E-state index in [1.807, 2.05) is 44.2 Å². The Morgan fingerprint density at radius 1 is 1.00 bits per heavy atom. The number of allylic oxidation sites excluding steroid dienone is 2. The van der Waals surface area contributed by atoms with Crippen molar-refractivity contribution in [2.75, 3.05) is 13.2 Å². The monoisotopic (exact) mass is 472 g/mol. The Labute approximate surface area is 203 Å². The molecule has 0 heterocycles. The molecular formula is C27H40N2O5. The molecule has 0 bridgehead atoms. The highest BCUT2D eigenvalue weighted by atomic mass is 16.5. The van der Waals surface area contributed by atoms with Gasteiger partial charge in [-0.2, -0.15) is 0 Å². The number of benzene rings is 1. The Morgan fingerprint density at radius 3 is 2.18 bits per heavy atom. The molecule has 2 amide bonds. The van der Waals surface area contributed by atoms with Gasteiger partial charge in [0.2, 0.25) is 11.8 Å². The van der Waals surface area contributed by atoms with Gasteiger partial charge in [0.25, 0.3) is 0 Å². The predicted octanol–water partition coefficient (Wildman–Crippen LogP) is 3.18. The summed E-state index contributed by atoms with van der Waals surface area (Å²) in [4.78, 5) is 37.9. The van der Waals surface area contributed by atoms with Crippen molar-refractivity contribution < 1.29 is 24.2 Å². The normalized spacial score (nSPS) is 14.4. The Kier molecular flexibility index (Phi) is 13.5. The average Bonchev–Trinajstić information content (AvgIpc) is 2.81. The highest BCUT2D eigenvalue weighted by molar-refractivity contribution is 5.86. The van der Waals surface area contributed by atoms with Crippen LogP contribution in [-0.2, 0) is 25.5 Å². The third-order valence-corrected chi connectivity index (χ3v) is 5.58. The molecule has 1 rings (SSSR count). The molecule has 3 N–H and O–H groups in total. The summed E-state index contributed by atoms with van der Waals surface area (Å²) in [5.74, 6) is -1.89. The third kappa shape index (κ3) is 10.8. The van der Waals surface area contributed by atoms with Gasteiger partial charge in [0, 0.05) is 12.5 Å². The summed E-state index contributed by atoms with van der Waals surface area (Å²) in [5.41, 5.74) is 1.04. The van der Waals surface area contributed by atoms with Gasteiger partial charge in [-0.1, -0.05) is 56.3 Å². The minimum Gasteiger partial charge on any atom is -0.463 e. The van der Waals surface area contributed by atoms with Crippen LogP contribution in [0, 0.1) is 17.8 Å². The quantitative estimate of drug-likeness (QED) is 0.253. The molecule has 4 unspecified atom stereocenters. The van der Waals surface area contributed by atoms with Crippen molar-refractivity contribution in [2.24, 2.45) is 17.8 Å². The lowest BCUT2D eigenvalue weighted by molar-refractivity contribution is -0.150. The number of rotatable bonds is 16. The summed E-state index contributed by atoms with van der Waals surface area (Å²) in [6.07, 6.45) is 4.66. The number of aliphatic hydroxyl groups excluding tert-OH is 1. The molecule has 1 aromatic carbocycles. The molecule has 7 nitrogen and oxygen atoms in total. The Hall–Kier alpha value is -2.93. The van der Waals surface area contributed by atoms with Gasteiger partial charge in [0.1, 0.15) is 6.61 Å². The Balaban J connectivity index is 2.75. The van der Waals surface area contributed by atoms with Crippen LogP contribution in [0.4, 0.5) is 0 Å². The van der Waals surface area contributed by atoms with Crippen molar-refractivity contribution in [1.29, 1.82) is 0 Å². The topological polar surface area (TPSA) is 105 Å². The molecular weight excluding hydrogens is 432 g/mol. The first-order valence-corrected chi connectivity index (χ1v) is 11.8. The lowest BCUT2D eigenvalue weighted by Crippen LogP contribution is -2.46. The van der Waals surface area contributed by atoms with Gasteiger partial charge in [-0.3, -0.25) is 14.4 Å². The molecule has 0 aromatic heterocycles. The van der Waals surface area contributed by atoms with Crippen molar-refractivity contribution in [3.63, 3.8) is 0 Å². The summed E-state index contributed by atoms with van der Waals surface area (Å²) in [6, 6.07) is 8.94. The summed E-state index contributed by atoms with van der Waals surface area (Å²) in [7, 11) is 0. The van der Waals surface area contributed by atoms with E-state index in [9.17, 15) is 14.4 Å². The summed E-state index contributed by atoms with van der Waals surface area (Å²) >= 11 is 0. The maximum atomic E-state index is 12.9. The highest BCUT2D eigenvalue weighted by Gasteiger charge is 2.27. The second-order valence-electron chi connectivity index (χ2n) is 8.98. The molecule has 1 aromatic rings. The molecule has 0 radical (unpaired) electrons. The molecule has 4 atom stereocenters. The molecule has 0 aliphatic rings. The first kappa shape index (κ1) is 29.1. The standard InChI is InChI=1S/C27H40N2O5/c1-6-11-22(16-25(31)28-20(5)17-30)26(32)29-24(19(3)4)18-34-27(33)23(12-7-2)15-21-13-9-8-10-14-21/h6-10,13-14,19-20,22-24,30H,1-2,11-12,15-18H2,3-5H3,(H,28,31)(H,29,32). The van der Waals surface area contributed by atoms with Crippen LogP contribution in [0.25, 0.3) is 0 Å². The lowest BCUT2D eigenvalue weighted by atomic mass is 9.96. The summed E-state index contributed by atoms with van der Waals surface area (Å²) in [6.45, 7) is 12.8. The second-order valence-corrected chi connectivity index (χ2v) is 8.98. The van der Waals surface area contributed by atoms with Crippen LogP contribution in [-0.4, -0.2) is 48.2 Å². The molecule has 0 saturated heterocycles. The zero-order valence-electron chi connectivity index (χ0n) is 20.7. The minimum absolute atomic E-state index is 0.0105. The number of hydrogen-bond acceptors (Lipinski definition) is 5. The van der Waals surface area contributed by atoms with Crippen LogP contribution in [0.3, 0.4) is 0 Å². The van der Waals surface area contributed by atoms with Crippen molar-refractivity contribution in [3.8, 4) is 0 Å². The predicted molar refractivity (Wildman–Crippen MR) is 134 cm³/mol. The zero-order valence-corrected chi connectivity index (χ0v) is 20.7. The number of amides is 2. The van der Waals surface area contributed by atoms with E-state index in [-0.39, 0.29) is 55.3 Å². The second kappa shape index (κ2) is 15.8. The number of ether oxygens (including phenoxy) is 1. The number of carbonyl (C=O) groups is 3. The number of aliphatic hydroxyl groups is 1. The Morgan fingerprint density at radius 2 is 1.62 bits per heavy atom. The number of nitrogens with one attached hydrogen (secondary N) is 2. The fourth-order valence-electron chi connectivity index (χ4n) is 3.44. The van der Waals surface area contributed by atoms with E-state index < -0.39 is 12.0 Å². The van der Waals surface area contributed by atoms with Crippen molar-refractivity contribution in [1.82, 2.24) is 10.6 Å². The first-order valence-electron chi connectivity index (χ1n) is 11.8. The molecule has 0 aliphatic heterocycles. The van der Waals surface area contributed by atoms with Crippen LogP contribution >= 0.6 is 0 Å². The maximum Gasteiger partial charge on any atom is 0.309 e. The third-order valence-electron chi connectivity index (χ3n) is 5.58. The SMILES string of the molecule is C=CCC(CC(=O)NC(C)CO)C(=O)NC(COC(=O)C(CC=C)Cc1ccccc1)C(C)C. The molecule has 0 aliphatic carbocycles. The summed E-state index contributed by atoms with van der Waals surface area (Å²) in [5, 5.41) is 14.7. The summed E-state index contributed by atoms with van der Waals surface area (Å²) < 4.78 is 5.61. The van der Waals surface area contributed by atoms with Crippen LogP contribution in [0.2, 0.25) is 0 Å². The molecule has 34 heavy (non-hydrogen) atoms. The molecule has 0 spiro atoms. The van der Waals surface area contributed by atoms with Gasteiger partial charge < -0.3 is 20.5 Å². The van der Waals surface area contributed by atoms with Gasteiger partial charge in [-0.05, 0) is 37.7 Å². The number of hydrogen-bond donors (Lipinski definition) is 3. The highest BCUT2D eigenvalue weighted by Crippen LogP contribution is 2.16. The Bertz CT molecular complexity index is 793. The van der Waals surface area contributed by atoms with Gasteiger partial charge in [-0.25, -0.2) is 0 Å². The smallest absolute Gasteiger partial charge is 0.309 e. The fourth-order valence-corrected chi connectivity index (χ4v) is 3.44. The van der Waals surface area contributed by atoms with Gasteiger partial charge >= 0.3 is 5.97 Å². The van der Waals surface area contributed by atoms with E-state index in [1.165, 1.54) is 0 Å². The van der Waals surface area contributed by atoms with E-state index in [4.69, 9.17) is 9.84 Å². The van der Waals surface area contributed by atoms with E-state index in [0.29, 0.717) is 19.3 Å². The van der Waals surface area contributed by atoms with Crippen molar-refractivity contribution in [2.45, 2.75) is 58.5 Å². The van der Waals surface area contributed by atoms with E-state index in [2.05, 4.69) is 23.8 Å². The first-order chi connectivity index (χ1) is 16.2. The number of esters is 1. The van der Waals surface area contributed by atoms with Crippen molar-refractivity contribution >= 4 is 17.8 Å². The van der Waals surface area contributed by atoms with Crippen LogP contribution in [0.5, 0.6) is 0 Å². The molecule has 0 saturated carbocycles. The van der Waals surface area contributed by atoms with Crippen LogP contribution in [0.15, 0.2) is 55.6 Å². The lowest BCUT2D eigenvalue weighted by Gasteiger charge is -2.26. The largest absolute Gasteiger partial charge is 0.463 e. The minimum atomic E-state index is -0.605. The molecule has 0 fully saturated rings. The van der Waals surface area contributed by atoms with Gasteiger partial charge in [-0.15, -0.1) is 13.2 Å². The van der Waals surface area contributed by atoms with E-state index >= 15 is 0 Å². The zero-order chi connectivity index (χ0) is 25.5. The maximum absolute atomic E-state index is 12.9. The van der Waals surface area contributed by atoms with Gasteiger partial charge in [0.15, 0.2) is 0 Å². The average molecular weight is 473 g/mol. The fraction of sp³-hybridized carbons (Fsp3) is 0.519. The van der Waals surface area contributed by atoms with Crippen LogP contribution < -0.4 is 10.6 Å².